The van der Waals surface area contributed by atoms with E-state index in [1.807, 2.05) is 50.4 Å². The predicted molar refractivity (Wildman–Crippen MR) is 89.5 cm³/mol. The van der Waals surface area contributed by atoms with Crippen LogP contribution in [0.5, 0.6) is 0 Å². The number of rotatable bonds is 3. The minimum Gasteiger partial charge on any atom is -0.229 e. The lowest BCUT2D eigenvalue weighted by Crippen LogP contribution is -2.24. The minimum atomic E-state index is -0.177. The Bertz CT molecular complexity index is 773. The maximum atomic E-state index is 5.90. The lowest BCUT2D eigenvalue weighted by atomic mass is 10.1. The molecule has 0 aliphatic rings. The van der Waals surface area contributed by atoms with Crippen LogP contribution < -0.4 is 0 Å². The SMILES string of the molecule is CC(C)(C)n1nnc(Sc2nc(-c3ccc(Cl)cc3)cs2)n1. The van der Waals surface area contributed by atoms with Crippen molar-refractivity contribution in [2.45, 2.75) is 35.8 Å². The van der Waals surface area contributed by atoms with Crippen molar-refractivity contribution in [3.05, 3.63) is 34.7 Å². The molecular weight excluding hydrogens is 338 g/mol. The first kappa shape index (κ1) is 15.5. The summed E-state index contributed by atoms with van der Waals surface area (Å²) in [5.74, 6) is 0. The van der Waals surface area contributed by atoms with E-state index in [1.54, 1.807) is 16.1 Å². The second-order valence-electron chi connectivity index (χ2n) is 5.64. The van der Waals surface area contributed by atoms with Crippen molar-refractivity contribution >= 4 is 34.7 Å². The molecule has 0 bridgehead atoms. The van der Waals surface area contributed by atoms with Crippen LogP contribution in [-0.4, -0.2) is 25.2 Å². The summed E-state index contributed by atoms with van der Waals surface area (Å²) < 4.78 is 0.887. The third-order valence-electron chi connectivity index (χ3n) is 2.80. The van der Waals surface area contributed by atoms with E-state index in [4.69, 9.17) is 11.6 Å². The maximum Gasteiger partial charge on any atom is 0.238 e. The highest BCUT2D eigenvalue weighted by Crippen LogP contribution is 2.31. The number of nitrogens with zero attached hydrogens (tertiary/aromatic N) is 5. The number of aromatic nitrogens is 5. The van der Waals surface area contributed by atoms with Gasteiger partial charge in [0.05, 0.1) is 11.2 Å². The fourth-order valence-corrected chi connectivity index (χ4v) is 3.40. The summed E-state index contributed by atoms with van der Waals surface area (Å²) in [6, 6.07) is 7.64. The van der Waals surface area contributed by atoms with Gasteiger partial charge < -0.3 is 0 Å². The largest absolute Gasteiger partial charge is 0.238 e. The van der Waals surface area contributed by atoms with Gasteiger partial charge in [0.15, 0.2) is 4.34 Å². The van der Waals surface area contributed by atoms with Crippen LogP contribution in [0, 0.1) is 0 Å². The van der Waals surface area contributed by atoms with Crippen LogP contribution in [-0.2, 0) is 5.54 Å². The number of thiazole rings is 1. The predicted octanol–water partition coefficient (Wildman–Crippen LogP) is 4.36. The molecule has 3 aromatic rings. The van der Waals surface area contributed by atoms with Crippen molar-refractivity contribution in [2.24, 2.45) is 0 Å². The molecule has 0 N–H and O–H groups in total. The van der Waals surface area contributed by atoms with Gasteiger partial charge in [-0.1, -0.05) is 23.7 Å². The molecular formula is C14H14ClN5S2. The van der Waals surface area contributed by atoms with E-state index in [0.717, 1.165) is 20.6 Å². The van der Waals surface area contributed by atoms with E-state index in [0.29, 0.717) is 5.16 Å². The summed E-state index contributed by atoms with van der Waals surface area (Å²) in [5.41, 5.74) is 1.79. The fraction of sp³-hybridized carbons (Fsp3) is 0.286. The average Bonchev–Trinajstić information content (AvgIpc) is 3.09. The number of benzene rings is 1. The van der Waals surface area contributed by atoms with E-state index in [-0.39, 0.29) is 5.54 Å². The Hall–Kier alpha value is -1.44. The second kappa shape index (κ2) is 5.98. The maximum absolute atomic E-state index is 5.90. The summed E-state index contributed by atoms with van der Waals surface area (Å²) in [5, 5.41) is 15.9. The van der Waals surface area contributed by atoms with Gasteiger partial charge in [0.25, 0.3) is 0 Å². The average molecular weight is 352 g/mol. The molecule has 0 unspecified atom stereocenters. The highest BCUT2D eigenvalue weighted by molar-refractivity contribution is 8.00. The Morgan fingerprint density at radius 3 is 2.55 bits per heavy atom. The first-order valence-electron chi connectivity index (χ1n) is 6.62. The smallest absolute Gasteiger partial charge is 0.229 e. The Morgan fingerprint density at radius 2 is 1.91 bits per heavy atom. The standard InChI is InChI=1S/C14H14ClN5S2/c1-14(2,3)20-18-12(17-19-20)22-13-16-11(8-21-13)9-4-6-10(15)7-5-9/h4-8H,1-3H3. The van der Waals surface area contributed by atoms with Gasteiger partial charge in [-0.2, -0.15) is 4.80 Å². The molecule has 0 spiro atoms. The van der Waals surface area contributed by atoms with Crippen LogP contribution >= 0.6 is 34.7 Å². The van der Waals surface area contributed by atoms with Crippen LogP contribution in [0.25, 0.3) is 11.3 Å². The number of hydrogen-bond acceptors (Lipinski definition) is 6. The summed E-state index contributed by atoms with van der Waals surface area (Å²) in [7, 11) is 0. The van der Waals surface area contributed by atoms with E-state index >= 15 is 0 Å². The Labute approximate surface area is 141 Å². The number of hydrogen-bond donors (Lipinski definition) is 0. The Kier molecular flexibility index (Phi) is 4.20. The molecule has 114 valence electrons. The van der Waals surface area contributed by atoms with Crippen LogP contribution in [0.2, 0.25) is 5.02 Å². The molecule has 1 aromatic carbocycles. The Morgan fingerprint density at radius 1 is 1.18 bits per heavy atom. The second-order valence-corrected chi connectivity index (χ2v) is 8.15. The van der Waals surface area contributed by atoms with Crippen LogP contribution in [0.3, 0.4) is 0 Å². The highest BCUT2D eigenvalue weighted by atomic mass is 35.5. The zero-order valence-electron chi connectivity index (χ0n) is 12.3. The molecule has 0 fully saturated rings. The van der Waals surface area contributed by atoms with Crippen LogP contribution in [0.1, 0.15) is 20.8 Å². The van der Waals surface area contributed by atoms with Crippen molar-refractivity contribution in [3.8, 4) is 11.3 Å². The van der Waals surface area contributed by atoms with Crippen LogP contribution in [0.4, 0.5) is 0 Å². The molecule has 0 atom stereocenters. The lowest BCUT2D eigenvalue weighted by molar-refractivity contribution is 0.304. The highest BCUT2D eigenvalue weighted by Gasteiger charge is 2.18. The molecule has 3 rings (SSSR count). The van der Waals surface area contributed by atoms with Gasteiger partial charge >= 0.3 is 0 Å². The zero-order chi connectivity index (χ0) is 15.7. The van der Waals surface area contributed by atoms with Crippen molar-refractivity contribution in [1.29, 1.82) is 0 Å². The van der Waals surface area contributed by atoms with Gasteiger partial charge in [0, 0.05) is 16.0 Å². The molecule has 0 aliphatic heterocycles. The van der Waals surface area contributed by atoms with E-state index < -0.39 is 0 Å². The third kappa shape index (κ3) is 3.48. The van der Waals surface area contributed by atoms with Crippen molar-refractivity contribution in [3.63, 3.8) is 0 Å². The van der Waals surface area contributed by atoms with Gasteiger partial charge in [-0.25, -0.2) is 4.98 Å². The van der Waals surface area contributed by atoms with Crippen molar-refractivity contribution in [1.82, 2.24) is 25.2 Å². The molecule has 0 amide bonds. The quantitative estimate of drug-likeness (QED) is 0.701. The molecule has 0 saturated heterocycles. The molecule has 0 saturated carbocycles. The fourth-order valence-electron chi connectivity index (χ4n) is 1.66. The molecule has 0 aliphatic carbocycles. The van der Waals surface area contributed by atoms with E-state index in [2.05, 4.69) is 20.4 Å². The van der Waals surface area contributed by atoms with E-state index in [1.165, 1.54) is 11.8 Å². The van der Waals surface area contributed by atoms with Crippen molar-refractivity contribution in [2.75, 3.05) is 0 Å². The lowest BCUT2D eigenvalue weighted by Gasteiger charge is -2.15. The molecule has 22 heavy (non-hydrogen) atoms. The summed E-state index contributed by atoms with van der Waals surface area (Å²) in [6.45, 7) is 6.10. The molecule has 2 heterocycles. The van der Waals surface area contributed by atoms with Crippen LogP contribution in [0.15, 0.2) is 39.1 Å². The summed E-state index contributed by atoms with van der Waals surface area (Å²) >= 11 is 8.88. The third-order valence-corrected chi connectivity index (χ3v) is 4.83. The summed E-state index contributed by atoms with van der Waals surface area (Å²) in [6.07, 6.45) is 0. The molecule has 2 aromatic heterocycles. The number of halogens is 1. The monoisotopic (exact) mass is 351 g/mol. The normalized spacial score (nSPS) is 11.8. The van der Waals surface area contributed by atoms with Gasteiger partial charge in [0.2, 0.25) is 5.16 Å². The van der Waals surface area contributed by atoms with Crippen molar-refractivity contribution < 1.29 is 0 Å². The van der Waals surface area contributed by atoms with E-state index in [9.17, 15) is 0 Å². The number of tetrazole rings is 1. The zero-order valence-corrected chi connectivity index (χ0v) is 14.7. The minimum absolute atomic E-state index is 0.177. The van der Waals surface area contributed by atoms with Gasteiger partial charge in [0.1, 0.15) is 0 Å². The summed E-state index contributed by atoms with van der Waals surface area (Å²) in [4.78, 5) is 6.21. The first-order chi connectivity index (χ1) is 10.4. The van der Waals surface area contributed by atoms with Gasteiger partial charge in [-0.05, 0) is 49.9 Å². The van der Waals surface area contributed by atoms with Gasteiger partial charge in [-0.3, -0.25) is 0 Å². The Balaban J connectivity index is 1.77. The van der Waals surface area contributed by atoms with Gasteiger partial charge in [-0.15, -0.1) is 21.5 Å². The molecule has 0 radical (unpaired) electrons. The molecule has 8 heteroatoms. The molecule has 5 nitrogen and oxygen atoms in total. The first-order valence-corrected chi connectivity index (χ1v) is 8.69. The topological polar surface area (TPSA) is 56.5 Å².